The molecule has 1 aromatic rings. The molecule has 2 rings (SSSR count). The van der Waals surface area contributed by atoms with Crippen molar-refractivity contribution >= 4 is 5.69 Å². The van der Waals surface area contributed by atoms with Crippen LogP contribution in [0.1, 0.15) is 25.0 Å². The van der Waals surface area contributed by atoms with Gasteiger partial charge in [0.25, 0.3) is 0 Å². The Morgan fingerprint density at radius 3 is 2.69 bits per heavy atom. The highest BCUT2D eigenvalue weighted by Crippen LogP contribution is 2.42. The van der Waals surface area contributed by atoms with Crippen LogP contribution in [0, 0.1) is 6.92 Å². The van der Waals surface area contributed by atoms with Crippen molar-refractivity contribution in [1.82, 2.24) is 0 Å². The highest BCUT2D eigenvalue weighted by atomic mass is 14.9. The van der Waals surface area contributed by atoms with E-state index in [2.05, 4.69) is 50.9 Å². The van der Waals surface area contributed by atoms with E-state index in [1.165, 1.54) is 16.8 Å². The van der Waals surface area contributed by atoms with E-state index in [0.29, 0.717) is 0 Å². The lowest BCUT2D eigenvalue weighted by Gasteiger charge is -2.19. The van der Waals surface area contributed by atoms with Crippen LogP contribution < -0.4 is 5.32 Å². The second-order valence-electron chi connectivity index (χ2n) is 4.28. The Kier molecular flexibility index (Phi) is 1.53. The highest BCUT2D eigenvalue weighted by Gasteiger charge is 2.32. The zero-order valence-corrected chi connectivity index (χ0v) is 8.44. The summed E-state index contributed by atoms with van der Waals surface area (Å²) >= 11 is 0. The molecule has 0 bridgehead atoms. The number of hydrogen-bond donors (Lipinski definition) is 1. The molecule has 0 saturated heterocycles. The third kappa shape index (κ3) is 1.07. The topological polar surface area (TPSA) is 12.0 Å². The first kappa shape index (κ1) is 8.36. The van der Waals surface area contributed by atoms with Gasteiger partial charge >= 0.3 is 0 Å². The smallest absolute Gasteiger partial charge is 0.0424 e. The minimum Gasteiger partial charge on any atom is -0.358 e. The van der Waals surface area contributed by atoms with Crippen LogP contribution in [0.4, 0.5) is 5.69 Å². The normalized spacial score (nSPS) is 18.2. The van der Waals surface area contributed by atoms with Crippen LogP contribution in [0.3, 0.4) is 0 Å². The molecule has 0 atom stereocenters. The van der Waals surface area contributed by atoms with Gasteiger partial charge in [0.1, 0.15) is 0 Å². The molecule has 13 heavy (non-hydrogen) atoms. The van der Waals surface area contributed by atoms with Crippen LogP contribution in [0.2, 0.25) is 0 Å². The summed E-state index contributed by atoms with van der Waals surface area (Å²) in [6.07, 6.45) is 0. The van der Waals surface area contributed by atoms with Crippen LogP contribution in [-0.4, -0.2) is 0 Å². The van der Waals surface area contributed by atoms with Gasteiger partial charge in [-0.05, 0) is 18.6 Å². The molecule has 0 fully saturated rings. The molecule has 1 heteroatoms. The van der Waals surface area contributed by atoms with Crippen molar-refractivity contribution in [1.29, 1.82) is 0 Å². The van der Waals surface area contributed by atoms with Gasteiger partial charge in [0.2, 0.25) is 0 Å². The molecule has 1 N–H and O–H groups in total. The minimum atomic E-state index is 0.0708. The average molecular weight is 173 g/mol. The van der Waals surface area contributed by atoms with Crippen molar-refractivity contribution in [2.75, 3.05) is 5.32 Å². The second-order valence-corrected chi connectivity index (χ2v) is 4.28. The zero-order valence-electron chi connectivity index (χ0n) is 8.44. The van der Waals surface area contributed by atoms with Crippen LogP contribution in [-0.2, 0) is 5.41 Å². The maximum absolute atomic E-state index is 4.04. The van der Waals surface area contributed by atoms with E-state index in [-0.39, 0.29) is 5.41 Å². The molecule has 1 aliphatic heterocycles. The molecular formula is C12H15N. The van der Waals surface area contributed by atoms with Crippen LogP contribution in [0.15, 0.2) is 30.5 Å². The molecule has 0 aromatic heterocycles. The maximum Gasteiger partial charge on any atom is 0.0424 e. The molecular weight excluding hydrogens is 158 g/mol. The largest absolute Gasteiger partial charge is 0.358 e. The van der Waals surface area contributed by atoms with E-state index in [9.17, 15) is 0 Å². The fourth-order valence-electron chi connectivity index (χ4n) is 1.77. The van der Waals surface area contributed by atoms with Gasteiger partial charge in [-0.15, -0.1) is 0 Å². The van der Waals surface area contributed by atoms with Crippen molar-refractivity contribution < 1.29 is 0 Å². The minimum absolute atomic E-state index is 0.0708. The van der Waals surface area contributed by atoms with Crippen molar-refractivity contribution in [3.05, 3.63) is 41.6 Å². The number of allylic oxidation sites excluding steroid dienone is 1. The Morgan fingerprint density at radius 2 is 2.00 bits per heavy atom. The number of aryl methyl sites for hydroxylation is 1. The molecule has 1 heterocycles. The first-order valence-corrected chi connectivity index (χ1v) is 4.59. The van der Waals surface area contributed by atoms with Crippen molar-refractivity contribution in [2.24, 2.45) is 0 Å². The molecule has 1 aliphatic rings. The predicted molar refractivity (Wildman–Crippen MR) is 57.0 cm³/mol. The van der Waals surface area contributed by atoms with E-state index in [1.807, 2.05) is 0 Å². The number of anilines is 1. The molecule has 0 aliphatic carbocycles. The van der Waals surface area contributed by atoms with Crippen LogP contribution in [0.25, 0.3) is 0 Å². The Hall–Kier alpha value is -1.24. The van der Waals surface area contributed by atoms with Gasteiger partial charge in [-0.3, -0.25) is 0 Å². The highest BCUT2D eigenvalue weighted by molar-refractivity contribution is 5.67. The van der Waals surface area contributed by atoms with Crippen LogP contribution in [0.5, 0.6) is 0 Å². The van der Waals surface area contributed by atoms with Gasteiger partial charge < -0.3 is 5.32 Å². The third-order valence-electron chi connectivity index (χ3n) is 2.89. The summed E-state index contributed by atoms with van der Waals surface area (Å²) in [6.45, 7) is 10.6. The number of fused-ring (bicyclic) bond motifs is 1. The van der Waals surface area contributed by atoms with Crippen molar-refractivity contribution in [3.63, 3.8) is 0 Å². The first-order chi connectivity index (χ1) is 6.01. The SMILES string of the molecule is C=C1Nc2ccc(C)cc2C1(C)C. The van der Waals surface area contributed by atoms with Crippen LogP contribution >= 0.6 is 0 Å². The molecule has 0 saturated carbocycles. The van der Waals surface area contributed by atoms with E-state index >= 15 is 0 Å². The number of nitrogens with one attached hydrogen (secondary N) is 1. The molecule has 0 spiro atoms. The van der Waals surface area contributed by atoms with E-state index in [0.717, 1.165) is 5.70 Å². The van der Waals surface area contributed by atoms with Gasteiger partial charge in [0.05, 0.1) is 0 Å². The standard InChI is InChI=1S/C12H15N/c1-8-5-6-11-10(7-8)12(3,4)9(2)13-11/h5-7,13H,2H2,1,3-4H3. The molecule has 1 aromatic carbocycles. The van der Waals surface area contributed by atoms with Gasteiger partial charge in [-0.1, -0.05) is 38.1 Å². The quantitative estimate of drug-likeness (QED) is 0.635. The maximum atomic E-state index is 4.04. The summed E-state index contributed by atoms with van der Waals surface area (Å²) < 4.78 is 0. The van der Waals surface area contributed by atoms with Gasteiger partial charge in [-0.2, -0.15) is 0 Å². The van der Waals surface area contributed by atoms with Gasteiger partial charge in [0, 0.05) is 16.8 Å². The number of benzene rings is 1. The molecule has 0 radical (unpaired) electrons. The molecule has 1 nitrogen and oxygen atoms in total. The van der Waals surface area contributed by atoms with E-state index in [1.54, 1.807) is 0 Å². The van der Waals surface area contributed by atoms with Crippen molar-refractivity contribution in [2.45, 2.75) is 26.2 Å². The van der Waals surface area contributed by atoms with E-state index < -0.39 is 0 Å². The molecule has 0 amide bonds. The fourth-order valence-corrected chi connectivity index (χ4v) is 1.77. The Balaban J connectivity index is 2.64. The third-order valence-corrected chi connectivity index (χ3v) is 2.89. The first-order valence-electron chi connectivity index (χ1n) is 4.59. The summed E-state index contributed by atoms with van der Waals surface area (Å²) in [4.78, 5) is 0. The average Bonchev–Trinajstić information content (AvgIpc) is 2.27. The number of hydrogen-bond acceptors (Lipinski definition) is 1. The molecule has 68 valence electrons. The van der Waals surface area contributed by atoms with Crippen molar-refractivity contribution in [3.8, 4) is 0 Å². The summed E-state index contributed by atoms with van der Waals surface area (Å²) in [7, 11) is 0. The lowest BCUT2D eigenvalue weighted by molar-refractivity contribution is 0.656. The predicted octanol–water partition coefficient (Wildman–Crippen LogP) is 3.21. The zero-order chi connectivity index (χ0) is 9.64. The second kappa shape index (κ2) is 2.38. The fraction of sp³-hybridized carbons (Fsp3) is 0.333. The number of rotatable bonds is 0. The Morgan fingerprint density at radius 1 is 1.31 bits per heavy atom. The monoisotopic (exact) mass is 173 g/mol. The summed E-state index contributed by atoms with van der Waals surface area (Å²) in [5.74, 6) is 0. The lowest BCUT2D eigenvalue weighted by atomic mass is 9.84. The summed E-state index contributed by atoms with van der Waals surface area (Å²) in [5, 5.41) is 3.32. The summed E-state index contributed by atoms with van der Waals surface area (Å²) in [5.41, 5.74) is 5.04. The van der Waals surface area contributed by atoms with Gasteiger partial charge in [0.15, 0.2) is 0 Å². The molecule has 0 unspecified atom stereocenters. The Bertz CT molecular complexity index is 375. The van der Waals surface area contributed by atoms with Gasteiger partial charge in [-0.25, -0.2) is 0 Å². The van der Waals surface area contributed by atoms with E-state index in [4.69, 9.17) is 0 Å². The summed E-state index contributed by atoms with van der Waals surface area (Å²) in [6, 6.07) is 6.49. The Labute approximate surface area is 79.5 Å². The lowest BCUT2D eigenvalue weighted by Crippen LogP contribution is -2.16.